The van der Waals surface area contributed by atoms with Gasteiger partial charge in [-0.2, -0.15) is 9.78 Å². The highest BCUT2D eigenvalue weighted by molar-refractivity contribution is 7.99. The van der Waals surface area contributed by atoms with E-state index in [-0.39, 0.29) is 6.04 Å². The molecule has 0 radical (unpaired) electrons. The van der Waals surface area contributed by atoms with Gasteiger partial charge in [-0.1, -0.05) is 25.6 Å². The lowest BCUT2D eigenvalue weighted by Gasteiger charge is -2.24. The van der Waals surface area contributed by atoms with Gasteiger partial charge in [-0.25, -0.2) is 4.79 Å². The number of nitrogens with zero attached hydrogens (tertiary/aromatic N) is 4. The normalized spacial score (nSPS) is 14.7. The predicted molar refractivity (Wildman–Crippen MR) is 117 cm³/mol. The van der Waals surface area contributed by atoms with E-state index in [9.17, 15) is 4.79 Å². The average molecular weight is 432 g/mol. The maximum absolute atomic E-state index is 12.4. The Morgan fingerprint density at radius 1 is 1.23 bits per heavy atom. The molecular formula is C21H29N5O3S. The van der Waals surface area contributed by atoms with Crippen LogP contribution in [0.5, 0.6) is 5.75 Å². The first-order valence-corrected chi connectivity index (χ1v) is 10.9. The monoisotopic (exact) mass is 431 g/mol. The zero-order valence-electron chi connectivity index (χ0n) is 18.3. The predicted octanol–water partition coefficient (Wildman–Crippen LogP) is 4.26. The van der Waals surface area contributed by atoms with Gasteiger partial charge in [0.05, 0.1) is 18.9 Å². The SMILES string of the molecule is COc1ccc(C2=Nn3c(nnc3C(CC(C)C)NC(=O)OC(C)(C)C)SC2)cc1. The maximum Gasteiger partial charge on any atom is 0.408 e. The number of thioether (sulfide) groups is 1. The number of carbonyl (C=O) groups excluding carboxylic acids is 1. The minimum Gasteiger partial charge on any atom is -0.497 e. The van der Waals surface area contributed by atoms with Gasteiger partial charge in [-0.15, -0.1) is 10.2 Å². The van der Waals surface area contributed by atoms with Gasteiger partial charge in [0.1, 0.15) is 11.4 Å². The van der Waals surface area contributed by atoms with Crippen molar-refractivity contribution in [2.75, 3.05) is 12.9 Å². The lowest BCUT2D eigenvalue weighted by Crippen LogP contribution is -2.36. The number of aromatic nitrogens is 3. The molecule has 9 heteroatoms. The summed E-state index contributed by atoms with van der Waals surface area (Å²) in [6.45, 7) is 9.71. The van der Waals surface area contributed by atoms with Crippen molar-refractivity contribution in [3.8, 4) is 5.75 Å². The van der Waals surface area contributed by atoms with Gasteiger partial charge in [-0.3, -0.25) is 0 Å². The van der Waals surface area contributed by atoms with Gasteiger partial charge in [0.15, 0.2) is 5.82 Å². The molecule has 0 bridgehead atoms. The molecule has 1 aliphatic rings. The van der Waals surface area contributed by atoms with Gasteiger partial charge in [0.25, 0.3) is 0 Å². The van der Waals surface area contributed by atoms with E-state index in [0.29, 0.717) is 29.1 Å². The van der Waals surface area contributed by atoms with Crippen LogP contribution < -0.4 is 10.1 Å². The third kappa shape index (κ3) is 5.53. The number of hydrogen-bond donors (Lipinski definition) is 1. The maximum atomic E-state index is 12.4. The fraction of sp³-hybridized carbons (Fsp3) is 0.524. The number of amides is 1. The van der Waals surface area contributed by atoms with Crippen LogP contribution in [0.25, 0.3) is 0 Å². The first-order valence-electron chi connectivity index (χ1n) is 9.96. The van der Waals surface area contributed by atoms with Gasteiger partial charge in [0.2, 0.25) is 5.16 Å². The molecule has 1 N–H and O–H groups in total. The molecule has 1 aromatic heterocycles. The standard InChI is InChI=1S/C21H29N5O3S/c1-13(2)11-16(22-20(27)29-21(3,4)5)18-23-24-19-26(18)25-17(12-30-19)14-7-9-15(28-6)10-8-14/h7-10,13,16H,11-12H2,1-6H3,(H,22,27). The molecule has 8 nitrogen and oxygen atoms in total. The number of ether oxygens (including phenoxy) is 2. The number of alkyl carbamates (subject to hydrolysis) is 1. The number of benzene rings is 1. The number of nitrogens with one attached hydrogen (secondary N) is 1. The summed E-state index contributed by atoms with van der Waals surface area (Å²) >= 11 is 1.57. The summed E-state index contributed by atoms with van der Waals surface area (Å²) in [7, 11) is 1.64. The van der Waals surface area contributed by atoms with Gasteiger partial charge >= 0.3 is 6.09 Å². The lowest BCUT2D eigenvalue weighted by molar-refractivity contribution is 0.0494. The van der Waals surface area contributed by atoms with E-state index >= 15 is 0 Å². The molecule has 0 saturated carbocycles. The summed E-state index contributed by atoms with van der Waals surface area (Å²) in [5, 5.41) is 17.1. The van der Waals surface area contributed by atoms with Crippen LogP contribution in [-0.2, 0) is 4.74 Å². The first-order chi connectivity index (χ1) is 14.2. The minimum atomic E-state index is -0.577. The van der Waals surface area contributed by atoms with Crippen LogP contribution in [0.4, 0.5) is 4.79 Å². The Morgan fingerprint density at radius 3 is 2.53 bits per heavy atom. The molecule has 1 aromatic carbocycles. The van der Waals surface area contributed by atoms with E-state index in [4.69, 9.17) is 14.6 Å². The molecule has 3 rings (SSSR count). The highest BCUT2D eigenvalue weighted by atomic mass is 32.2. The Labute approximate surface area is 181 Å². The summed E-state index contributed by atoms with van der Waals surface area (Å²) in [6.07, 6.45) is 0.212. The van der Waals surface area contributed by atoms with Crippen LogP contribution >= 0.6 is 11.8 Å². The van der Waals surface area contributed by atoms with Crippen LogP contribution in [0.2, 0.25) is 0 Å². The van der Waals surface area contributed by atoms with Crippen molar-refractivity contribution in [1.82, 2.24) is 20.2 Å². The Bertz CT molecular complexity index is 916. The smallest absolute Gasteiger partial charge is 0.408 e. The Kier molecular flexibility index (Phi) is 6.70. The van der Waals surface area contributed by atoms with Crippen molar-refractivity contribution in [3.05, 3.63) is 35.7 Å². The summed E-state index contributed by atoms with van der Waals surface area (Å²) in [6, 6.07) is 7.43. The Balaban J connectivity index is 1.89. The Hall–Kier alpha value is -2.55. The quantitative estimate of drug-likeness (QED) is 0.735. The van der Waals surface area contributed by atoms with E-state index in [1.165, 1.54) is 0 Å². The van der Waals surface area contributed by atoms with Crippen molar-refractivity contribution < 1.29 is 14.3 Å². The van der Waals surface area contributed by atoms with Crippen LogP contribution in [0.15, 0.2) is 34.5 Å². The van der Waals surface area contributed by atoms with E-state index in [1.807, 2.05) is 45.0 Å². The molecule has 1 aliphatic heterocycles. The first kappa shape index (κ1) is 22.1. The zero-order valence-corrected chi connectivity index (χ0v) is 19.1. The summed E-state index contributed by atoms with van der Waals surface area (Å²) in [5.74, 6) is 2.42. The molecule has 2 heterocycles. The highest BCUT2D eigenvalue weighted by Crippen LogP contribution is 2.29. The molecule has 162 valence electrons. The minimum absolute atomic E-state index is 0.333. The van der Waals surface area contributed by atoms with Crippen LogP contribution in [0.3, 0.4) is 0 Å². The fourth-order valence-corrected chi connectivity index (χ4v) is 3.88. The largest absolute Gasteiger partial charge is 0.497 e. The molecule has 2 aromatic rings. The van der Waals surface area contributed by atoms with Crippen molar-refractivity contribution in [2.24, 2.45) is 11.0 Å². The van der Waals surface area contributed by atoms with Crippen molar-refractivity contribution in [2.45, 2.75) is 57.8 Å². The number of fused-ring (bicyclic) bond motifs is 1. The molecule has 1 amide bonds. The second-order valence-corrected chi connectivity index (χ2v) is 9.49. The number of hydrogen-bond acceptors (Lipinski definition) is 7. The fourth-order valence-electron chi connectivity index (χ4n) is 3.04. The topological polar surface area (TPSA) is 90.6 Å². The molecule has 0 saturated heterocycles. The van der Waals surface area contributed by atoms with Crippen LogP contribution in [-0.4, -0.2) is 45.1 Å². The van der Waals surface area contributed by atoms with E-state index in [0.717, 1.165) is 17.0 Å². The lowest BCUT2D eigenvalue weighted by atomic mass is 10.0. The average Bonchev–Trinajstić information content (AvgIpc) is 3.09. The molecule has 0 spiro atoms. The van der Waals surface area contributed by atoms with Crippen LogP contribution in [0.1, 0.15) is 58.5 Å². The van der Waals surface area contributed by atoms with Gasteiger partial charge < -0.3 is 14.8 Å². The second kappa shape index (κ2) is 9.07. The third-order valence-electron chi connectivity index (χ3n) is 4.33. The van der Waals surface area contributed by atoms with E-state index < -0.39 is 11.7 Å². The molecule has 30 heavy (non-hydrogen) atoms. The van der Waals surface area contributed by atoms with Crippen molar-refractivity contribution >= 4 is 23.6 Å². The van der Waals surface area contributed by atoms with Gasteiger partial charge in [-0.05, 0) is 62.9 Å². The molecule has 1 atom stereocenters. The van der Waals surface area contributed by atoms with E-state index in [2.05, 4.69) is 29.4 Å². The molecule has 1 unspecified atom stereocenters. The molecule has 0 aliphatic carbocycles. The molecular weight excluding hydrogens is 402 g/mol. The number of carbonyl (C=O) groups is 1. The molecule has 0 fully saturated rings. The third-order valence-corrected chi connectivity index (χ3v) is 5.26. The number of methoxy groups -OCH3 is 1. The summed E-state index contributed by atoms with van der Waals surface area (Å²) in [5.41, 5.74) is 1.35. The van der Waals surface area contributed by atoms with Crippen molar-refractivity contribution in [1.29, 1.82) is 0 Å². The summed E-state index contributed by atoms with van der Waals surface area (Å²) < 4.78 is 12.4. The zero-order chi connectivity index (χ0) is 21.9. The van der Waals surface area contributed by atoms with Crippen LogP contribution in [0, 0.1) is 5.92 Å². The van der Waals surface area contributed by atoms with Crippen molar-refractivity contribution in [3.63, 3.8) is 0 Å². The summed E-state index contributed by atoms with van der Waals surface area (Å²) in [4.78, 5) is 12.4. The highest BCUT2D eigenvalue weighted by Gasteiger charge is 2.28. The Morgan fingerprint density at radius 2 is 1.93 bits per heavy atom. The van der Waals surface area contributed by atoms with E-state index in [1.54, 1.807) is 23.5 Å². The second-order valence-electron chi connectivity index (χ2n) is 8.54. The number of rotatable bonds is 6. The van der Waals surface area contributed by atoms with Gasteiger partial charge in [0, 0.05) is 5.75 Å².